The number of hydrogen-bond acceptors (Lipinski definition) is 9. The van der Waals surface area contributed by atoms with E-state index in [0.29, 0.717) is 22.4 Å². The van der Waals surface area contributed by atoms with Crippen LogP contribution in [0.2, 0.25) is 0 Å². The zero-order chi connectivity index (χ0) is 26.1. The van der Waals surface area contributed by atoms with E-state index in [9.17, 15) is 19.2 Å². The summed E-state index contributed by atoms with van der Waals surface area (Å²) in [5.74, 6) is -0.907. The van der Waals surface area contributed by atoms with Crippen molar-refractivity contribution >= 4 is 50.0 Å². The summed E-state index contributed by atoms with van der Waals surface area (Å²) in [4.78, 5) is 51.8. The Labute approximate surface area is 212 Å². The number of ether oxygens (including phenoxy) is 2. The van der Waals surface area contributed by atoms with Gasteiger partial charge in [-0.2, -0.15) is 9.78 Å². The monoisotopic (exact) mass is 517 g/mol. The summed E-state index contributed by atoms with van der Waals surface area (Å²) in [7, 11) is 1.51. The number of methoxy groups -OCH3 is 1. The maximum absolute atomic E-state index is 13.5. The summed E-state index contributed by atoms with van der Waals surface area (Å²) in [6, 6.07) is 14.7. The van der Waals surface area contributed by atoms with Gasteiger partial charge < -0.3 is 19.2 Å². The third kappa shape index (κ3) is 4.36. The molecule has 3 aromatic heterocycles. The molecule has 0 aliphatic rings. The molecule has 5 aromatic rings. The van der Waals surface area contributed by atoms with Crippen LogP contribution in [0.15, 0.2) is 74.0 Å². The van der Waals surface area contributed by atoms with Gasteiger partial charge in [0, 0.05) is 16.2 Å². The molecule has 0 unspecified atom stereocenters. The van der Waals surface area contributed by atoms with Gasteiger partial charge in [0.2, 0.25) is 0 Å². The van der Waals surface area contributed by atoms with E-state index in [1.807, 2.05) is 0 Å². The number of hydrogen-bond donors (Lipinski definition) is 1. The average Bonchev–Trinajstić information content (AvgIpc) is 3.32. The minimum Gasteiger partial charge on any atom is -0.497 e. The zero-order valence-corrected chi connectivity index (χ0v) is 20.5. The van der Waals surface area contributed by atoms with Crippen molar-refractivity contribution in [2.75, 3.05) is 19.0 Å². The van der Waals surface area contributed by atoms with Crippen LogP contribution in [0.1, 0.15) is 27.8 Å². The van der Waals surface area contributed by atoms with Gasteiger partial charge in [0.05, 0.1) is 24.8 Å². The lowest BCUT2D eigenvalue weighted by Crippen LogP contribution is -2.26. The lowest BCUT2D eigenvalue weighted by Gasteiger charge is -2.10. The third-order valence-corrected chi connectivity index (χ3v) is 6.45. The Bertz CT molecular complexity index is 1780. The molecule has 0 saturated carbocycles. The summed E-state index contributed by atoms with van der Waals surface area (Å²) in [5, 5.41) is 9.41. The minimum absolute atomic E-state index is 0.0531. The topological polar surface area (TPSA) is 130 Å². The highest BCUT2D eigenvalue weighted by Gasteiger charge is 2.24. The number of fused-ring (bicyclic) bond motifs is 2. The first kappa shape index (κ1) is 23.9. The molecule has 37 heavy (non-hydrogen) atoms. The van der Waals surface area contributed by atoms with Gasteiger partial charge in [-0.25, -0.2) is 9.59 Å². The van der Waals surface area contributed by atoms with Crippen LogP contribution in [0.5, 0.6) is 5.75 Å². The minimum atomic E-state index is -0.818. The largest absolute Gasteiger partial charge is 0.497 e. The van der Waals surface area contributed by atoms with Crippen molar-refractivity contribution in [2.24, 2.45) is 0 Å². The van der Waals surface area contributed by atoms with Gasteiger partial charge in [0.25, 0.3) is 11.5 Å². The predicted octanol–water partition coefficient (Wildman–Crippen LogP) is 3.99. The van der Waals surface area contributed by atoms with Crippen LogP contribution in [-0.4, -0.2) is 35.4 Å². The molecule has 0 aliphatic heterocycles. The molecule has 0 atom stereocenters. The van der Waals surface area contributed by atoms with E-state index in [1.165, 1.54) is 18.6 Å². The number of nitrogens with one attached hydrogen (secondary N) is 1. The van der Waals surface area contributed by atoms with E-state index in [4.69, 9.17) is 13.9 Å². The third-order valence-electron chi connectivity index (χ3n) is 5.55. The highest BCUT2D eigenvalue weighted by molar-refractivity contribution is 7.16. The Kier molecular flexibility index (Phi) is 6.28. The molecule has 10 nitrogen and oxygen atoms in total. The van der Waals surface area contributed by atoms with Crippen LogP contribution < -0.4 is 21.2 Å². The second kappa shape index (κ2) is 9.70. The van der Waals surface area contributed by atoms with Crippen LogP contribution in [0, 0.1) is 0 Å². The molecule has 3 heterocycles. The van der Waals surface area contributed by atoms with Crippen LogP contribution in [-0.2, 0) is 4.74 Å². The van der Waals surface area contributed by atoms with Crippen molar-refractivity contribution in [1.82, 2.24) is 9.78 Å². The molecule has 0 spiro atoms. The number of carbonyl (C=O) groups is 2. The van der Waals surface area contributed by atoms with Gasteiger partial charge in [-0.3, -0.25) is 9.59 Å². The number of aromatic nitrogens is 2. The Morgan fingerprint density at radius 1 is 1.11 bits per heavy atom. The maximum Gasteiger partial charge on any atom is 0.359 e. The number of nitrogens with zero attached hydrogens (tertiary/aromatic N) is 2. The molecule has 0 saturated heterocycles. The summed E-state index contributed by atoms with van der Waals surface area (Å²) in [5.41, 5.74) is -0.989. The van der Waals surface area contributed by atoms with E-state index in [2.05, 4.69) is 10.4 Å². The Morgan fingerprint density at radius 3 is 2.59 bits per heavy atom. The standard InChI is InChI=1S/C26H19N3O7S/c1-3-35-26(33)21-18-13-37-23(20(18)24(31)29(28-21)15-8-10-16(34-2)11-9-15)27-22(30)17-12-14-6-4-5-7-19(14)36-25(17)32/h4-13H,3H2,1-2H3,(H,27,30). The summed E-state index contributed by atoms with van der Waals surface area (Å²) in [6.45, 7) is 1.76. The fourth-order valence-electron chi connectivity index (χ4n) is 3.78. The Balaban J connectivity index is 1.64. The Morgan fingerprint density at radius 2 is 1.86 bits per heavy atom. The van der Waals surface area contributed by atoms with Crippen LogP contribution in [0.3, 0.4) is 0 Å². The second-order valence-corrected chi connectivity index (χ2v) is 8.66. The quantitative estimate of drug-likeness (QED) is 0.264. The summed E-state index contributed by atoms with van der Waals surface area (Å²) >= 11 is 1.02. The number of amides is 1. The van der Waals surface area contributed by atoms with Crippen molar-refractivity contribution < 1.29 is 23.5 Å². The smallest absolute Gasteiger partial charge is 0.359 e. The number of anilines is 1. The highest BCUT2D eigenvalue weighted by atomic mass is 32.1. The van der Waals surface area contributed by atoms with Crippen molar-refractivity contribution in [3.05, 3.63) is 92.0 Å². The zero-order valence-electron chi connectivity index (χ0n) is 19.6. The van der Waals surface area contributed by atoms with E-state index >= 15 is 0 Å². The van der Waals surface area contributed by atoms with Gasteiger partial charge in [-0.05, 0) is 43.3 Å². The summed E-state index contributed by atoms with van der Waals surface area (Å²) < 4.78 is 16.6. The molecule has 11 heteroatoms. The first-order valence-corrected chi connectivity index (χ1v) is 12.0. The number of esters is 1. The van der Waals surface area contributed by atoms with Crippen molar-refractivity contribution in [3.63, 3.8) is 0 Å². The molecule has 0 radical (unpaired) electrons. The second-order valence-electron chi connectivity index (χ2n) is 7.78. The fraction of sp³-hybridized carbons (Fsp3) is 0.115. The van der Waals surface area contributed by atoms with Crippen molar-refractivity contribution in [1.29, 1.82) is 0 Å². The molecule has 5 rings (SSSR count). The van der Waals surface area contributed by atoms with Crippen molar-refractivity contribution in [2.45, 2.75) is 6.92 Å². The van der Waals surface area contributed by atoms with Gasteiger partial charge in [0.15, 0.2) is 5.69 Å². The maximum atomic E-state index is 13.5. The molecular weight excluding hydrogens is 498 g/mol. The molecule has 186 valence electrons. The first-order chi connectivity index (χ1) is 17.9. The van der Waals surface area contributed by atoms with E-state index in [0.717, 1.165) is 16.0 Å². The van der Waals surface area contributed by atoms with Gasteiger partial charge in [-0.1, -0.05) is 18.2 Å². The highest BCUT2D eigenvalue weighted by Crippen LogP contribution is 2.31. The fourth-order valence-corrected chi connectivity index (χ4v) is 4.71. The van der Waals surface area contributed by atoms with Gasteiger partial charge in [-0.15, -0.1) is 11.3 Å². The molecule has 1 amide bonds. The molecule has 1 N–H and O–H groups in total. The lowest BCUT2D eigenvalue weighted by atomic mass is 10.1. The molecule has 2 aromatic carbocycles. The van der Waals surface area contributed by atoms with E-state index < -0.39 is 23.1 Å². The Hall–Kier alpha value is -4.77. The predicted molar refractivity (Wildman–Crippen MR) is 138 cm³/mol. The van der Waals surface area contributed by atoms with Crippen molar-refractivity contribution in [3.8, 4) is 11.4 Å². The molecule has 0 fully saturated rings. The van der Waals surface area contributed by atoms with Crippen LogP contribution >= 0.6 is 11.3 Å². The molecular formula is C26H19N3O7S. The van der Waals surface area contributed by atoms with Crippen LogP contribution in [0.25, 0.3) is 27.4 Å². The summed E-state index contributed by atoms with van der Waals surface area (Å²) in [6.07, 6.45) is 0. The van der Waals surface area contributed by atoms with Gasteiger partial charge >= 0.3 is 11.6 Å². The SMILES string of the molecule is CCOC(=O)c1nn(-c2ccc(OC)cc2)c(=O)c2c(NC(=O)c3cc4ccccc4oc3=O)scc12. The lowest BCUT2D eigenvalue weighted by molar-refractivity contribution is 0.0520. The molecule has 0 bridgehead atoms. The first-order valence-electron chi connectivity index (χ1n) is 11.1. The number of carbonyl (C=O) groups excluding carboxylic acids is 2. The van der Waals surface area contributed by atoms with E-state index in [1.54, 1.807) is 55.5 Å². The molecule has 0 aliphatic carbocycles. The average molecular weight is 518 g/mol. The number of thiophene rings is 1. The normalized spacial score (nSPS) is 11.0. The van der Waals surface area contributed by atoms with E-state index in [-0.39, 0.29) is 33.6 Å². The number of para-hydroxylation sites is 1. The number of rotatable bonds is 6. The van der Waals surface area contributed by atoms with Crippen LogP contribution in [0.4, 0.5) is 5.00 Å². The number of benzene rings is 2. The van der Waals surface area contributed by atoms with Gasteiger partial charge in [0.1, 0.15) is 21.9 Å².